The Morgan fingerprint density at radius 3 is 2.94 bits per heavy atom. The van der Waals surface area contributed by atoms with Gasteiger partial charge in [0, 0.05) is 17.0 Å². The van der Waals surface area contributed by atoms with Gasteiger partial charge < -0.3 is 15.4 Å². The SMILES string of the molecule is COc1ccc2c(c1)[C@]1(C[C@H]1c1ccc3c(Nc4nc(C)ncc4Cl)n[nH]c3c1)C(=O)N2. The summed E-state index contributed by atoms with van der Waals surface area (Å²) in [6, 6.07) is 11.9. The van der Waals surface area contributed by atoms with Crippen LogP contribution in [0.3, 0.4) is 0 Å². The molecule has 1 fully saturated rings. The van der Waals surface area contributed by atoms with E-state index < -0.39 is 5.41 Å². The molecule has 1 spiro atoms. The minimum Gasteiger partial charge on any atom is -0.497 e. The monoisotopic (exact) mass is 446 g/mol. The van der Waals surface area contributed by atoms with Crippen LogP contribution in [0.1, 0.15) is 29.3 Å². The van der Waals surface area contributed by atoms with Gasteiger partial charge in [0.05, 0.1) is 24.2 Å². The molecule has 2 aromatic heterocycles. The Kier molecular flexibility index (Phi) is 3.98. The molecule has 32 heavy (non-hydrogen) atoms. The number of methoxy groups -OCH3 is 1. The number of nitrogens with one attached hydrogen (secondary N) is 3. The fraction of sp³-hybridized carbons (Fsp3) is 0.217. The van der Waals surface area contributed by atoms with E-state index in [4.69, 9.17) is 16.3 Å². The van der Waals surface area contributed by atoms with Gasteiger partial charge in [0.2, 0.25) is 5.91 Å². The lowest BCUT2D eigenvalue weighted by Crippen LogP contribution is -2.21. The summed E-state index contributed by atoms with van der Waals surface area (Å²) in [5.41, 5.74) is 3.30. The van der Waals surface area contributed by atoms with E-state index in [0.29, 0.717) is 22.5 Å². The molecule has 3 heterocycles. The number of anilines is 3. The largest absolute Gasteiger partial charge is 0.497 e. The summed E-state index contributed by atoms with van der Waals surface area (Å²) in [5.74, 6) is 2.65. The van der Waals surface area contributed by atoms with Crippen molar-refractivity contribution in [3.8, 4) is 5.75 Å². The van der Waals surface area contributed by atoms with Crippen molar-refractivity contribution in [2.45, 2.75) is 24.7 Å². The number of nitrogens with zero attached hydrogens (tertiary/aromatic N) is 3. The van der Waals surface area contributed by atoms with Crippen molar-refractivity contribution in [1.82, 2.24) is 20.2 Å². The number of H-pyrrole nitrogens is 1. The molecule has 0 radical (unpaired) electrons. The van der Waals surface area contributed by atoms with Gasteiger partial charge in [0.1, 0.15) is 16.6 Å². The first kappa shape index (κ1) is 19.1. The number of carbonyl (C=O) groups is 1. The van der Waals surface area contributed by atoms with E-state index in [9.17, 15) is 4.79 Å². The molecule has 9 heteroatoms. The maximum atomic E-state index is 12.9. The van der Waals surface area contributed by atoms with E-state index in [1.54, 1.807) is 20.2 Å². The van der Waals surface area contributed by atoms with Crippen LogP contribution in [0.15, 0.2) is 42.6 Å². The summed E-state index contributed by atoms with van der Waals surface area (Å²) >= 11 is 6.21. The van der Waals surface area contributed by atoms with Crippen molar-refractivity contribution in [3.63, 3.8) is 0 Å². The molecule has 0 saturated heterocycles. The summed E-state index contributed by atoms with van der Waals surface area (Å²) in [6.07, 6.45) is 2.32. The molecule has 0 unspecified atom stereocenters. The molecular formula is C23H19ClN6O2. The van der Waals surface area contributed by atoms with Gasteiger partial charge in [0.25, 0.3) is 0 Å². The predicted octanol–water partition coefficient (Wildman–Crippen LogP) is 4.44. The topological polar surface area (TPSA) is 105 Å². The number of benzene rings is 2. The molecule has 4 aromatic rings. The van der Waals surface area contributed by atoms with Crippen LogP contribution >= 0.6 is 11.6 Å². The van der Waals surface area contributed by atoms with Crippen molar-refractivity contribution in [2.24, 2.45) is 0 Å². The number of aryl methyl sites for hydroxylation is 1. The number of carbonyl (C=O) groups excluding carboxylic acids is 1. The van der Waals surface area contributed by atoms with E-state index >= 15 is 0 Å². The number of halogens is 1. The molecule has 2 aromatic carbocycles. The van der Waals surface area contributed by atoms with Gasteiger partial charge in [-0.05, 0) is 54.8 Å². The smallest absolute Gasteiger partial charge is 0.235 e. The van der Waals surface area contributed by atoms with E-state index in [1.165, 1.54) is 0 Å². The van der Waals surface area contributed by atoms with Crippen LogP contribution in [0.2, 0.25) is 5.02 Å². The van der Waals surface area contributed by atoms with Crippen LogP contribution < -0.4 is 15.4 Å². The lowest BCUT2D eigenvalue weighted by atomic mass is 9.91. The van der Waals surface area contributed by atoms with Crippen molar-refractivity contribution < 1.29 is 9.53 Å². The quantitative estimate of drug-likeness (QED) is 0.428. The highest BCUT2D eigenvalue weighted by Crippen LogP contribution is 2.65. The third-order valence-electron chi connectivity index (χ3n) is 6.41. The molecule has 1 saturated carbocycles. The summed E-state index contributed by atoms with van der Waals surface area (Å²) in [4.78, 5) is 21.3. The van der Waals surface area contributed by atoms with Gasteiger partial charge >= 0.3 is 0 Å². The Morgan fingerprint density at radius 2 is 2.09 bits per heavy atom. The number of aromatic nitrogens is 4. The standard InChI is InChI=1S/C23H19ClN6O2/c1-11-25-10-17(24)21(26-11)28-20-14-5-3-12(7-19(14)29-30-20)16-9-23(16)15-8-13(32-2)4-6-18(15)27-22(23)31/h3-8,10,16H,9H2,1-2H3,(H,27,31)(H2,25,26,28,29,30)/t16-,23-/m0/s1. The average molecular weight is 447 g/mol. The summed E-state index contributed by atoms with van der Waals surface area (Å²) in [5, 5.41) is 15.0. The molecule has 1 aliphatic heterocycles. The molecule has 2 atom stereocenters. The molecule has 2 aliphatic rings. The van der Waals surface area contributed by atoms with E-state index in [-0.39, 0.29) is 11.8 Å². The van der Waals surface area contributed by atoms with Gasteiger partial charge in [0.15, 0.2) is 11.6 Å². The van der Waals surface area contributed by atoms with Crippen LogP contribution in [0.5, 0.6) is 5.75 Å². The number of hydrogen-bond donors (Lipinski definition) is 3. The lowest BCUT2D eigenvalue weighted by molar-refractivity contribution is -0.118. The minimum absolute atomic E-state index is 0.0478. The highest BCUT2D eigenvalue weighted by atomic mass is 35.5. The first-order chi connectivity index (χ1) is 15.5. The molecule has 1 aliphatic carbocycles. The fourth-order valence-corrected chi connectivity index (χ4v) is 4.84. The van der Waals surface area contributed by atoms with Crippen LogP contribution in [0.25, 0.3) is 10.9 Å². The third-order valence-corrected chi connectivity index (χ3v) is 6.69. The van der Waals surface area contributed by atoms with Crippen molar-refractivity contribution in [1.29, 1.82) is 0 Å². The lowest BCUT2D eigenvalue weighted by Gasteiger charge is -2.10. The number of amides is 1. The molecule has 1 amide bonds. The fourth-order valence-electron chi connectivity index (χ4n) is 4.70. The molecule has 6 rings (SSSR count). The van der Waals surface area contributed by atoms with Crippen molar-refractivity contribution >= 4 is 45.7 Å². The Labute approximate surface area is 188 Å². The van der Waals surface area contributed by atoms with Gasteiger partial charge in [-0.15, -0.1) is 0 Å². The van der Waals surface area contributed by atoms with E-state index in [0.717, 1.165) is 39.9 Å². The molecule has 0 bridgehead atoms. The van der Waals surface area contributed by atoms with Crippen molar-refractivity contribution in [3.05, 3.63) is 64.6 Å². The highest BCUT2D eigenvalue weighted by molar-refractivity contribution is 6.32. The van der Waals surface area contributed by atoms with E-state index in [2.05, 4.69) is 42.9 Å². The van der Waals surface area contributed by atoms with Crippen molar-refractivity contribution in [2.75, 3.05) is 17.7 Å². The summed E-state index contributed by atoms with van der Waals surface area (Å²) in [6.45, 7) is 1.80. The predicted molar refractivity (Wildman–Crippen MR) is 122 cm³/mol. The Hall–Kier alpha value is -3.65. The van der Waals surface area contributed by atoms with Crippen LogP contribution in [0.4, 0.5) is 17.3 Å². The molecule has 3 N–H and O–H groups in total. The summed E-state index contributed by atoms with van der Waals surface area (Å²) in [7, 11) is 1.64. The first-order valence-electron chi connectivity index (χ1n) is 10.2. The zero-order valence-electron chi connectivity index (χ0n) is 17.4. The highest BCUT2D eigenvalue weighted by Gasteiger charge is 2.65. The zero-order chi connectivity index (χ0) is 22.0. The zero-order valence-corrected chi connectivity index (χ0v) is 18.1. The second-order valence-electron chi connectivity index (χ2n) is 8.21. The second-order valence-corrected chi connectivity index (χ2v) is 8.62. The second kappa shape index (κ2) is 6.67. The molecule has 8 nitrogen and oxygen atoms in total. The number of aromatic amines is 1. The Morgan fingerprint density at radius 1 is 1.22 bits per heavy atom. The Bertz CT molecular complexity index is 1420. The number of rotatable bonds is 4. The third kappa shape index (κ3) is 2.69. The average Bonchev–Trinajstić information content (AvgIpc) is 3.35. The maximum Gasteiger partial charge on any atom is 0.235 e. The van der Waals surface area contributed by atoms with Gasteiger partial charge in [-0.2, -0.15) is 5.10 Å². The van der Waals surface area contributed by atoms with Gasteiger partial charge in [-0.25, -0.2) is 9.97 Å². The first-order valence-corrected chi connectivity index (χ1v) is 10.6. The van der Waals surface area contributed by atoms with Gasteiger partial charge in [-0.1, -0.05) is 17.7 Å². The van der Waals surface area contributed by atoms with Crippen LogP contribution in [-0.2, 0) is 10.2 Å². The number of ether oxygens (including phenoxy) is 1. The Balaban J connectivity index is 1.33. The summed E-state index contributed by atoms with van der Waals surface area (Å²) < 4.78 is 5.38. The molecular weight excluding hydrogens is 428 g/mol. The van der Waals surface area contributed by atoms with Crippen LogP contribution in [-0.4, -0.2) is 33.2 Å². The van der Waals surface area contributed by atoms with Gasteiger partial charge in [-0.3, -0.25) is 9.89 Å². The number of fused-ring (bicyclic) bond motifs is 3. The minimum atomic E-state index is -0.537. The maximum absolute atomic E-state index is 12.9. The molecule has 160 valence electrons. The van der Waals surface area contributed by atoms with E-state index in [1.807, 2.05) is 24.3 Å². The number of hydrogen-bond acceptors (Lipinski definition) is 6. The van der Waals surface area contributed by atoms with Crippen LogP contribution in [0, 0.1) is 6.92 Å². The normalized spacial score (nSPS) is 21.0.